The van der Waals surface area contributed by atoms with E-state index < -0.39 is 0 Å². The minimum Gasteiger partial charge on any atom is -0.378 e. The zero-order chi connectivity index (χ0) is 16.8. The van der Waals surface area contributed by atoms with Gasteiger partial charge in [-0.15, -0.1) is 12.4 Å². The molecule has 0 aromatic heterocycles. The first-order chi connectivity index (χ1) is 11.7. The van der Waals surface area contributed by atoms with Crippen LogP contribution in [0.2, 0.25) is 0 Å². The highest BCUT2D eigenvalue weighted by atomic mass is 35.5. The summed E-state index contributed by atoms with van der Waals surface area (Å²) in [7, 11) is 0. The Bertz CT molecular complexity index is 555. The van der Waals surface area contributed by atoms with Crippen LogP contribution in [0.25, 0.3) is 0 Å². The van der Waals surface area contributed by atoms with Crippen LogP contribution in [0.15, 0.2) is 24.3 Å². The summed E-state index contributed by atoms with van der Waals surface area (Å²) in [5, 5.41) is 3.28. The van der Waals surface area contributed by atoms with Crippen molar-refractivity contribution in [1.29, 1.82) is 0 Å². The van der Waals surface area contributed by atoms with E-state index in [1.807, 2.05) is 11.0 Å². The predicted octanol–water partition coefficient (Wildman–Crippen LogP) is 2.31. The number of piperazine rings is 1. The van der Waals surface area contributed by atoms with Crippen LogP contribution in [-0.4, -0.2) is 56.4 Å². The number of carbonyl (C=O) groups is 1. The summed E-state index contributed by atoms with van der Waals surface area (Å²) in [6.45, 7) is 3.80. The van der Waals surface area contributed by atoms with Gasteiger partial charge in [0.25, 0.3) is 0 Å². The first-order valence-electron chi connectivity index (χ1n) is 8.69. The standard InChI is InChI=1S/C18H25FN2O3.ClH/c19-15-4-1-3-14(11-15)17-12-20-7-8-21(17)18(22)6-10-23-13-16-5-2-9-24-16;/h1,3-4,11,16-17,20H,2,5-10,12-13H2;1H. The molecule has 2 saturated heterocycles. The monoisotopic (exact) mass is 372 g/mol. The molecule has 7 heteroatoms. The van der Waals surface area contributed by atoms with E-state index in [0.717, 1.165) is 31.6 Å². The van der Waals surface area contributed by atoms with Gasteiger partial charge in [-0.25, -0.2) is 4.39 Å². The topological polar surface area (TPSA) is 50.8 Å². The first-order valence-corrected chi connectivity index (χ1v) is 8.69. The molecule has 2 aliphatic rings. The number of nitrogens with zero attached hydrogens (tertiary/aromatic N) is 1. The second-order valence-corrected chi connectivity index (χ2v) is 6.32. The molecule has 0 saturated carbocycles. The molecular formula is C18H26ClFN2O3. The molecule has 2 aliphatic heterocycles. The predicted molar refractivity (Wildman–Crippen MR) is 95.4 cm³/mol. The van der Waals surface area contributed by atoms with Gasteiger partial charge in [0, 0.05) is 26.2 Å². The van der Waals surface area contributed by atoms with E-state index in [-0.39, 0.29) is 36.3 Å². The van der Waals surface area contributed by atoms with Gasteiger partial charge < -0.3 is 19.7 Å². The fourth-order valence-electron chi connectivity index (χ4n) is 3.31. The van der Waals surface area contributed by atoms with Crippen molar-refractivity contribution in [2.24, 2.45) is 0 Å². The lowest BCUT2D eigenvalue weighted by molar-refractivity contribution is -0.136. The van der Waals surface area contributed by atoms with Crippen LogP contribution >= 0.6 is 12.4 Å². The average Bonchev–Trinajstić information content (AvgIpc) is 3.12. The molecule has 1 aromatic carbocycles. The van der Waals surface area contributed by atoms with Crippen molar-refractivity contribution in [3.63, 3.8) is 0 Å². The van der Waals surface area contributed by atoms with E-state index in [0.29, 0.717) is 32.7 Å². The van der Waals surface area contributed by atoms with Crippen LogP contribution < -0.4 is 5.32 Å². The Morgan fingerprint density at radius 1 is 1.44 bits per heavy atom. The average molecular weight is 373 g/mol. The van der Waals surface area contributed by atoms with E-state index in [1.54, 1.807) is 6.07 Å². The van der Waals surface area contributed by atoms with Gasteiger partial charge in [0.15, 0.2) is 0 Å². The van der Waals surface area contributed by atoms with Gasteiger partial charge in [0.1, 0.15) is 5.82 Å². The molecule has 0 radical (unpaired) electrons. The molecule has 1 N–H and O–H groups in total. The highest BCUT2D eigenvalue weighted by Gasteiger charge is 2.27. The molecular weight excluding hydrogens is 347 g/mol. The summed E-state index contributed by atoms with van der Waals surface area (Å²) < 4.78 is 24.6. The van der Waals surface area contributed by atoms with Gasteiger partial charge in [-0.1, -0.05) is 12.1 Å². The maximum Gasteiger partial charge on any atom is 0.225 e. The minimum atomic E-state index is -0.273. The second-order valence-electron chi connectivity index (χ2n) is 6.32. The maximum atomic E-state index is 13.5. The summed E-state index contributed by atoms with van der Waals surface area (Å²) in [5.74, 6) is -0.219. The SMILES string of the molecule is Cl.O=C(CCOCC1CCCO1)N1CCNCC1c1cccc(F)c1. The number of carbonyl (C=O) groups excluding carboxylic acids is 1. The smallest absolute Gasteiger partial charge is 0.225 e. The number of ether oxygens (including phenoxy) is 2. The molecule has 2 atom stereocenters. The van der Waals surface area contributed by atoms with E-state index in [9.17, 15) is 9.18 Å². The molecule has 0 aliphatic carbocycles. The van der Waals surface area contributed by atoms with Crippen molar-refractivity contribution >= 4 is 18.3 Å². The minimum absolute atomic E-state index is 0. The molecule has 1 amide bonds. The normalized spacial score (nSPS) is 23.3. The molecule has 0 bridgehead atoms. The number of hydrogen-bond acceptors (Lipinski definition) is 4. The van der Waals surface area contributed by atoms with Crippen LogP contribution in [0.4, 0.5) is 4.39 Å². The summed E-state index contributed by atoms with van der Waals surface area (Å²) in [4.78, 5) is 14.4. The van der Waals surface area contributed by atoms with E-state index in [2.05, 4.69) is 5.32 Å². The lowest BCUT2D eigenvalue weighted by Gasteiger charge is -2.36. The fourth-order valence-corrected chi connectivity index (χ4v) is 3.31. The summed E-state index contributed by atoms with van der Waals surface area (Å²) in [6, 6.07) is 6.36. The van der Waals surface area contributed by atoms with Crippen LogP contribution in [0, 0.1) is 5.82 Å². The Balaban J connectivity index is 0.00000225. The number of benzene rings is 1. The number of halogens is 2. The van der Waals surface area contributed by atoms with Crippen molar-refractivity contribution in [2.45, 2.75) is 31.4 Å². The molecule has 1 aromatic rings. The van der Waals surface area contributed by atoms with Crippen molar-refractivity contribution in [1.82, 2.24) is 10.2 Å². The third-order valence-electron chi connectivity index (χ3n) is 4.59. The molecule has 3 rings (SSSR count). The lowest BCUT2D eigenvalue weighted by Crippen LogP contribution is -2.48. The number of rotatable bonds is 6. The van der Waals surface area contributed by atoms with Gasteiger partial charge in [0.05, 0.1) is 31.8 Å². The van der Waals surface area contributed by atoms with E-state index >= 15 is 0 Å². The number of nitrogens with one attached hydrogen (secondary N) is 1. The second kappa shape index (κ2) is 10.1. The Labute approximate surface area is 154 Å². The van der Waals surface area contributed by atoms with Gasteiger partial charge in [0.2, 0.25) is 5.91 Å². The Morgan fingerprint density at radius 2 is 2.32 bits per heavy atom. The van der Waals surface area contributed by atoms with Crippen LogP contribution in [0.5, 0.6) is 0 Å². The van der Waals surface area contributed by atoms with Crippen LogP contribution in [0.1, 0.15) is 30.9 Å². The molecule has 2 heterocycles. The van der Waals surface area contributed by atoms with Crippen LogP contribution in [-0.2, 0) is 14.3 Å². The molecule has 140 valence electrons. The van der Waals surface area contributed by atoms with Crippen molar-refractivity contribution in [3.05, 3.63) is 35.6 Å². The number of amides is 1. The third-order valence-corrected chi connectivity index (χ3v) is 4.59. The molecule has 2 fully saturated rings. The third kappa shape index (κ3) is 5.64. The zero-order valence-electron chi connectivity index (χ0n) is 14.3. The fraction of sp³-hybridized carbons (Fsp3) is 0.611. The Hall–Kier alpha value is -1.21. The van der Waals surface area contributed by atoms with E-state index in [1.165, 1.54) is 12.1 Å². The number of hydrogen-bond donors (Lipinski definition) is 1. The lowest BCUT2D eigenvalue weighted by atomic mass is 10.0. The molecule has 5 nitrogen and oxygen atoms in total. The Morgan fingerprint density at radius 3 is 3.08 bits per heavy atom. The first kappa shape index (κ1) is 20.1. The van der Waals surface area contributed by atoms with Gasteiger partial charge >= 0.3 is 0 Å². The molecule has 0 spiro atoms. The Kier molecular flexibility index (Phi) is 8.09. The summed E-state index contributed by atoms with van der Waals surface area (Å²) in [5.41, 5.74) is 0.829. The summed E-state index contributed by atoms with van der Waals surface area (Å²) in [6.07, 6.45) is 2.65. The molecule has 2 unspecified atom stereocenters. The van der Waals surface area contributed by atoms with E-state index in [4.69, 9.17) is 9.47 Å². The zero-order valence-corrected chi connectivity index (χ0v) is 15.1. The highest BCUT2D eigenvalue weighted by Crippen LogP contribution is 2.23. The largest absolute Gasteiger partial charge is 0.378 e. The van der Waals surface area contributed by atoms with Crippen molar-refractivity contribution in [3.8, 4) is 0 Å². The van der Waals surface area contributed by atoms with Gasteiger partial charge in [-0.3, -0.25) is 4.79 Å². The molecule has 25 heavy (non-hydrogen) atoms. The summed E-state index contributed by atoms with van der Waals surface area (Å²) >= 11 is 0. The maximum absolute atomic E-state index is 13.5. The van der Waals surface area contributed by atoms with Crippen molar-refractivity contribution in [2.75, 3.05) is 39.5 Å². The van der Waals surface area contributed by atoms with Gasteiger partial charge in [-0.2, -0.15) is 0 Å². The quantitative estimate of drug-likeness (QED) is 0.778. The highest BCUT2D eigenvalue weighted by molar-refractivity contribution is 5.85. The van der Waals surface area contributed by atoms with Crippen molar-refractivity contribution < 1.29 is 18.7 Å². The van der Waals surface area contributed by atoms with Gasteiger partial charge in [-0.05, 0) is 30.5 Å². The van der Waals surface area contributed by atoms with Crippen LogP contribution in [0.3, 0.4) is 0 Å².